The Balaban J connectivity index is 1.59. The molecule has 7 heteroatoms. The van der Waals surface area contributed by atoms with Crippen LogP contribution in [0.5, 0.6) is 0 Å². The molecule has 2 aliphatic rings. The number of amides is 1. The number of carbonyl (C=O) groups is 1. The van der Waals surface area contributed by atoms with Crippen LogP contribution in [-0.4, -0.2) is 39.7 Å². The molecule has 4 rings (SSSR count). The number of rotatable bonds is 2. The van der Waals surface area contributed by atoms with Crippen LogP contribution in [0.4, 0.5) is 5.82 Å². The molecule has 0 bridgehead atoms. The van der Waals surface area contributed by atoms with E-state index in [1.807, 2.05) is 11.0 Å². The van der Waals surface area contributed by atoms with Gasteiger partial charge in [0.15, 0.2) is 0 Å². The van der Waals surface area contributed by atoms with E-state index in [1.165, 1.54) is 5.56 Å². The van der Waals surface area contributed by atoms with Crippen molar-refractivity contribution < 1.29 is 9.42 Å². The summed E-state index contributed by atoms with van der Waals surface area (Å²) >= 11 is 0. The lowest BCUT2D eigenvalue weighted by atomic mass is 10.0. The predicted molar refractivity (Wildman–Crippen MR) is 88.1 cm³/mol. The van der Waals surface area contributed by atoms with Gasteiger partial charge in [-0.1, -0.05) is 36.8 Å². The van der Waals surface area contributed by atoms with Crippen LogP contribution in [0.3, 0.4) is 0 Å². The van der Waals surface area contributed by atoms with Crippen molar-refractivity contribution in [3.8, 4) is 0 Å². The lowest BCUT2D eigenvalue weighted by Crippen LogP contribution is -2.46. The molecule has 0 saturated carbocycles. The van der Waals surface area contributed by atoms with Gasteiger partial charge < -0.3 is 16.0 Å². The summed E-state index contributed by atoms with van der Waals surface area (Å²) in [5.74, 6) is -0.118. The number of fused-ring (bicyclic) bond motifs is 1. The lowest BCUT2D eigenvalue weighted by molar-refractivity contribution is 0.0667. The number of likely N-dealkylation sites (tertiary alicyclic amines) is 1. The van der Waals surface area contributed by atoms with Gasteiger partial charge in [-0.2, -0.15) is 0 Å². The van der Waals surface area contributed by atoms with Crippen LogP contribution in [0.15, 0.2) is 35.0 Å². The third-order valence-corrected chi connectivity index (χ3v) is 5.10. The van der Waals surface area contributed by atoms with Gasteiger partial charge in [0.05, 0.1) is 0 Å². The topological polar surface area (TPSA) is 97.3 Å². The highest BCUT2D eigenvalue weighted by molar-refractivity contribution is 5.96. The molecule has 0 aliphatic carbocycles. The summed E-state index contributed by atoms with van der Waals surface area (Å²) in [4.78, 5) is 14.8. The van der Waals surface area contributed by atoms with Crippen LogP contribution in [0, 0.1) is 0 Å². The van der Waals surface area contributed by atoms with Crippen LogP contribution in [-0.2, 0) is 0 Å². The van der Waals surface area contributed by atoms with Gasteiger partial charge in [0.1, 0.15) is 0 Å². The third-order valence-electron chi connectivity index (χ3n) is 5.10. The maximum atomic E-state index is 12.9. The number of carbonyl (C=O) groups excluding carboxylic acids is 1. The third kappa shape index (κ3) is 2.65. The first-order chi connectivity index (χ1) is 11.7. The molecule has 1 amide bonds. The van der Waals surface area contributed by atoms with E-state index in [0.29, 0.717) is 6.04 Å². The van der Waals surface area contributed by atoms with Gasteiger partial charge in [-0.05, 0) is 35.1 Å². The number of nitrogen functional groups attached to an aromatic ring is 1. The van der Waals surface area contributed by atoms with Crippen molar-refractivity contribution in [3.05, 3.63) is 41.6 Å². The van der Waals surface area contributed by atoms with E-state index in [-0.39, 0.29) is 29.5 Å². The second-order valence-corrected chi connectivity index (χ2v) is 6.53. The highest BCUT2D eigenvalue weighted by atomic mass is 16.6. The van der Waals surface area contributed by atoms with E-state index in [1.54, 1.807) is 0 Å². The van der Waals surface area contributed by atoms with Crippen molar-refractivity contribution in [3.63, 3.8) is 0 Å². The molecule has 1 aromatic carbocycles. The smallest absolute Gasteiger partial charge is 0.280 e. The first kappa shape index (κ1) is 15.1. The number of hydrogen-bond donors (Lipinski definition) is 2. The van der Waals surface area contributed by atoms with E-state index < -0.39 is 0 Å². The number of nitrogens with one attached hydrogen (secondary N) is 1. The van der Waals surface area contributed by atoms with E-state index in [9.17, 15) is 4.79 Å². The zero-order valence-electron chi connectivity index (χ0n) is 13.4. The summed E-state index contributed by atoms with van der Waals surface area (Å²) in [5, 5.41) is 10.9. The Morgan fingerprint density at radius 3 is 2.83 bits per heavy atom. The molecular weight excluding hydrogens is 306 g/mol. The summed E-state index contributed by atoms with van der Waals surface area (Å²) in [7, 11) is 0. The Hall–Kier alpha value is -2.41. The summed E-state index contributed by atoms with van der Waals surface area (Å²) < 4.78 is 4.60. The summed E-state index contributed by atoms with van der Waals surface area (Å²) in [6.07, 6.45) is 4.06. The van der Waals surface area contributed by atoms with Crippen molar-refractivity contribution in [2.75, 3.05) is 12.3 Å². The molecule has 126 valence electrons. The molecule has 0 spiro atoms. The molecule has 3 atom stereocenters. The van der Waals surface area contributed by atoms with Gasteiger partial charge >= 0.3 is 0 Å². The van der Waals surface area contributed by atoms with E-state index >= 15 is 0 Å². The van der Waals surface area contributed by atoms with Gasteiger partial charge in [-0.15, -0.1) is 0 Å². The van der Waals surface area contributed by atoms with Crippen LogP contribution in [0.2, 0.25) is 0 Å². The summed E-state index contributed by atoms with van der Waals surface area (Å²) in [6.45, 7) is 0.718. The van der Waals surface area contributed by atoms with Crippen molar-refractivity contribution in [1.29, 1.82) is 0 Å². The SMILES string of the molecule is Nc1nonc1C(=O)N1CCCC[C@@H]2N[C@H](c3ccccc3)C[C@H]21. The lowest BCUT2D eigenvalue weighted by Gasteiger charge is -2.29. The highest BCUT2D eigenvalue weighted by Crippen LogP contribution is 2.34. The standard InChI is InChI=1S/C17H21N5O2/c18-16-15(20-24-21-16)17(23)22-9-5-4-8-12-14(22)10-13(19-12)11-6-2-1-3-7-11/h1-3,6-7,12-14,19H,4-5,8-10H2,(H2,18,21)/t12-,13-,14+/m0/s1. The molecule has 0 radical (unpaired) electrons. The number of hydrogen-bond acceptors (Lipinski definition) is 6. The molecule has 2 aromatic rings. The predicted octanol–water partition coefficient (Wildman–Crippen LogP) is 1.75. The molecule has 3 N–H and O–H groups in total. The average Bonchev–Trinajstić information content (AvgIpc) is 3.17. The Morgan fingerprint density at radius 1 is 1.25 bits per heavy atom. The molecule has 24 heavy (non-hydrogen) atoms. The van der Waals surface area contributed by atoms with Crippen molar-refractivity contribution in [1.82, 2.24) is 20.5 Å². The Morgan fingerprint density at radius 2 is 2.08 bits per heavy atom. The van der Waals surface area contributed by atoms with Gasteiger partial charge in [0, 0.05) is 24.7 Å². The van der Waals surface area contributed by atoms with Gasteiger partial charge in [-0.3, -0.25) is 4.79 Å². The molecule has 2 aliphatic heterocycles. The molecular formula is C17H21N5O2. The first-order valence-electron chi connectivity index (χ1n) is 8.44. The average molecular weight is 327 g/mol. The minimum atomic E-state index is -0.179. The molecule has 3 heterocycles. The van der Waals surface area contributed by atoms with Crippen molar-refractivity contribution in [2.24, 2.45) is 0 Å². The minimum absolute atomic E-state index is 0.0614. The van der Waals surface area contributed by atoms with E-state index in [4.69, 9.17) is 5.73 Å². The quantitative estimate of drug-likeness (QED) is 0.872. The van der Waals surface area contributed by atoms with Crippen LogP contribution >= 0.6 is 0 Å². The summed E-state index contributed by atoms with van der Waals surface area (Å²) in [5.41, 5.74) is 7.10. The van der Waals surface area contributed by atoms with Crippen molar-refractivity contribution >= 4 is 11.7 Å². The Labute approximate surface area is 140 Å². The number of nitrogens with two attached hydrogens (primary N) is 1. The molecule has 2 saturated heterocycles. The molecule has 7 nitrogen and oxygen atoms in total. The highest BCUT2D eigenvalue weighted by Gasteiger charge is 2.41. The summed E-state index contributed by atoms with van der Waals surface area (Å²) in [6, 6.07) is 11.1. The monoisotopic (exact) mass is 327 g/mol. The number of anilines is 1. The van der Waals surface area contributed by atoms with Crippen LogP contribution in [0.1, 0.15) is 47.8 Å². The maximum absolute atomic E-state index is 12.9. The first-order valence-corrected chi connectivity index (χ1v) is 8.44. The fourth-order valence-corrected chi connectivity index (χ4v) is 3.93. The molecule has 0 unspecified atom stereocenters. The molecule has 1 aromatic heterocycles. The Bertz CT molecular complexity index is 717. The second kappa shape index (κ2) is 6.24. The largest absolute Gasteiger partial charge is 0.379 e. The van der Waals surface area contributed by atoms with E-state index in [0.717, 1.165) is 32.2 Å². The zero-order chi connectivity index (χ0) is 16.5. The second-order valence-electron chi connectivity index (χ2n) is 6.53. The minimum Gasteiger partial charge on any atom is -0.379 e. The van der Waals surface area contributed by atoms with Gasteiger partial charge in [0.25, 0.3) is 5.91 Å². The molecule has 2 fully saturated rings. The van der Waals surface area contributed by atoms with Crippen LogP contribution < -0.4 is 11.1 Å². The fourth-order valence-electron chi connectivity index (χ4n) is 3.93. The van der Waals surface area contributed by atoms with Crippen molar-refractivity contribution in [2.45, 2.75) is 43.8 Å². The fraction of sp³-hybridized carbons (Fsp3) is 0.471. The van der Waals surface area contributed by atoms with E-state index in [2.05, 4.69) is 44.5 Å². The number of benzene rings is 1. The number of nitrogens with zero attached hydrogens (tertiary/aromatic N) is 3. The van der Waals surface area contributed by atoms with Gasteiger partial charge in [-0.25, -0.2) is 4.63 Å². The van der Waals surface area contributed by atoms with Gasteiger partial charge in [0.2, 0.25) is 11.5 Å². The number of aromatic nitrogens is 2. The zero-order valence-corrected chi connectivity index (χ0v) is 13.4. The Kier molecular flexibility index (Phi) is 3.93. The normalized spacial score (nSPS) is 26.8. The van der Waals surface area contributed by atoms with Crippen LogP contribution in [0.25, 0.3) is 0 Å². The maximum Gasteiger partial charge on any atom is 0.280 e.